The number of carboxylic acids is 1. The van der Waals surface area contributed by atoms with E-state index in [1.165, 1.54) is 4.90 Å². The second-order valence-corrected chi connectivity index (χ2v) is 5.34. The molecule has 1 saturated heterocycles. The summed E-state index contributed by atoms with van der Waals surface area (Å²) in [7, 11) is 0. The van der Waals surface area contributed by atoms with Gasteiger partial charge in [-0.2, -0.15) is 0 Å². The van der Waals surface area contributed by atoms with E-state index in [9.17, 15) is 9.59 Å². The first-order valence-electron chi connectivity index (χ1n) is 5.67. The molecular weight excluding hydrogens is 224 g/mol. The molecule has 1 rings (SSSR count). The third-order valence-corrected chi connectivity index (χ3v) is 2.67. The highest BCUT2D eigenvalue weighted by molar-refractivity contribution is 5.74. The molecule has 0 aliphatic carbocycles. The van der Waals surface area contributed by atoms with Gasteiger partial charge in [0, 0.05) is 19.0 Å². The van der Waals surface area contributed by atoms with E-state index in [0.717, 1.165) is 0 Å². The van der Waals surface area contributed by atoms with E-state index in [1.807, 2.05) is 0 Å². The lowest BCUT2D eigenvalue weighted by molar-refractivity contribution is -0.139. The number of hydrogen-bond donors (Lipinski definition) is 2. The number of likely N-dealkylation sites (tertiary alicyclic amines) is 1. The molecule has 0 bridgehead atoms. The topological polar surface area (TPSA) is 92.9 Å². The Balaban J connectivity index is 2.50. The van der Waals surface area contributed by atoms with Gasteiger partial charge in [0.25, 0.3) is 0 Å². The molecule has 1 heterocycles. The first-order valence-corrected chi connectivity index (χ1v) is 5.67. The molecule has 0 spiro atoms. The van der Waals surface area contributed by atoms with Crippen molar-refractivity contribution in [3.8, 4) is 0 Å². The molecule has 0 unspecified atom stereocenters. The van der Waals surface area contributed by atoms with Crippen LogP contribution in [0.15, 0.2) is 0 Å². The van der Waals surface area contributed by atoms with Gasteiger partial charge in [-0.3, -0.25) is 4.79 Å². The molecule has 17 heavy (non-hydrogen) atoms. The largest absolute Gasteiger partial charge is 0.480 e. The number of nitrogens with zero attached hydrogens (tertiary/aromatic N) is 1. The SMILES string of the molecule is CC(C)(C)OC(=O)N1CC[C@@H]([C@@H](N)C(=O)O)C1. The summed E-state index contributed by atoms with van der Waals surface area (Å²) in [6, 6.07) is -0.914. The van der Waals surface area contributed by atoms with Gasteiger partial charge in [-0.25, -0.2) is 4.79 Å². The normalized spacial score (nSPS) is 22.4. The van der Waals surface area contributed by atoms with Gasteiger partial charge < -0.3 is 20.5 Å². The predicted molar refractivity (Wildman–Crippen MR) is 61.5 cm³/mol. The molecule has 1 aliphatic heterocycles. The monoisotopic (exact) mass is 244 g/mol. The van der Waals surface area contributed by atoms with Gasteiger partial charge in [-0.05, 0) is 27.2 Å². The van der Waals surface area contributed by atoms with Crippen LogP contribution in [0.5, 0.6) is 0 Å². The molecule has 0 aromatic carbocycles. The van der Waals surface area contributed by atoms with E-state index >= 15 is 0 Å². The van der Waals surface area contributed by atoms with Gasteiger partial charge in [-0.15, -0.1) is 0 Å². The number of ether oxygens (including phenoxy) is 1. The van der Waals surface area contributed by atoms with Crippen LogP contribution in [0.3, 0.4) is 0 Å². The van der Waals surface area contributed by atoms with Crippen molar-refractivity contribution in [2.24, 2.45) is 11.7 Å². The highest BCUT2D eigenvalue weighted by Crippen LogP contribution is 2.21. The van der Waals surface area contributed by atoms with Gasteiger partial charge >= 0.3 is 12.1 Å². The zero-order valence-corrected chi connectivity index (χ0v) is 10.5. The number of aliphatic carboxylic acids is 1. The smallest absolute Gasteiger partial charge is 0.410 e. The van der Waals surface area contributed by atoms with E-state index in [1.54, 1.807) is 20.8 Å². The van der Waals surface area contributed by atoms with Crippen LogP contribution in [-0.4, -0.2) is 46.8 Å². The number of rotatable bonds is 2. The molecule has 6 heteroatoms. The minimum Gasteiger partial charge on any atom is -0.480 e. The second-order valence-electron chi connectivity index (χ2n) is 5.34. The number of nitrogens with two attached hydrogens (primary N) is 1. The quantitative estimate of drug-likeness (QED) is 0.744. The van der Waals surface area contributed by atoms with Crippen LogP contribution in [0.4, 0.5) is 4.79 Å². The molecule has 0 saturated carbocycles. The molecule has 2 atom stereocenters. The highest BCUT2D eigenvalue weighted by atomic mass is 16.6. The Morgan fingerprint density at radius 1 is 1.47 bits per heavy atom. The van der Waals surface area contributed by atoms with E-state index in [0.29, 0.717) is 19.5 Å². The van der Waals surface area contributed by atoms with E-state index in [2.05, 4.69) is 0 Å². The Labute approximate surface area is 101 Å². The summed E-state index contributed by atoms with van der Waals surface area (Å²) in [5.74, 6) is -1.22. The molecule has 6 nitrogen and oxygen atoms in total. The summed E-state index contributed by atoms with van der Waals surface area (Å²) in [6.07, 6.45) is 0.199. The summed E-state index contributed by atoms with van der Waals surface area (Å²) < 4.78 is 5.21. The van der Waals surface area contributed by atoms with Crippen molar-refractivity contribution < 1.29 is 19.4 Å². The molecule has 98 valence electrons. The Bertz CT molecular complexity index is 311. The van der Waals surface area contributed by atoms with Crippen molar-refractivity contribution in [1.82, 2.24) is 4.90 Å². The number of amides is 1. The van der Waals surface area contributed by atoms with E-state index < -0.39 is 23.7 Å². The summed E-state index contributed by atoms with van der Waals surface area (Å²) in [5.41, 5.74) is 5.00. The van der Waals surface area contributed by atoms with E-state index in [-0.39, 0.29) is 5.92 Å². The Morgan fingerprint density at radius 2 is 2.06 bits per heavy atom. The van der Waals surface area contributed by atoms with Crippen LogP contribution >= 0.6 is 0 Å². The summed E-state index contributed by atoms with van der Waals surface area (Å²) in [5, 5.41) is 8.79. The number of carbonyl (C=O) groups is 2. The van der Waals surface area contributed by atoms with Crippen LogP contribution in [0.1, 0.15) is 27.2 Å². The van der Waals surface area contributed by atoms with E-state index in [4.69, 9.17) is 15.6 Å². The van der Waals surface area contributed by atoms with Crippen molar-refractivity contribution >= 4 is 12.1 Å². The molecular formula is C11H20N2O4. The second kappa shape index (κ2) is 4.91. The molecule has 1 aliphatic rings. The lowest BCUT2D eigenvalue weighted by atomic mass is 10.0. The van der Waals surface area contributed by atoms with Crippen LogP contribution in [-0.2, 0) is 9.53 Å². The van der Waals surface area contributed by atoms with Gasteiger partial charge in [0.2, 0.25) is 0 Å². The summed E-state index contributed by atoms with van der Waals surface area (Å²) >= 11 is 0. The van der Waals surface area contributed by atoms with Crippen molar-refractivity contribution in [3.05, 3.63) is 0 Å². The Kier molecular flexibility index (Phi) is 3.98. The fourth-order valence-corrected chi connectivity index (χ4v) is 1.77. The first-order chi connectivity index (χ1) is 7.70. The van der Waals surface area contributed by atoms with Crippen molar-refractivity contribution in [1.29, 1.82) is 0 Å². The van der Waals surface area contributed by atoms with Gasteiger partial charge in [0.1, 0.15) is 11.6 Å². The fraction of sp³-hybridized carbons (Fsp3) is 0.818. The van der Waals surface area contributed by atoms with Gasteiger partial charge in [0.15, 0.2) is 0 Å². The van der Waals surface area contributed by atoms with Crippen LogP contribution < -0.4 is 5.73 Å². The van der Waals surface area contributed by atoms with Crippen LogP contribution in [0, 0.1) is 5.92 Å². The van der Waals surface area contributed by atoms with Gasteiger partial charge in [0.05, 0.1) is 0 Å². The summed E-state index contributed by atoms with van der Waals surface area (Å²) in [6.45, 7) is 6.23. The molecule has 0 aromatic heterocycles. The third kappa shape index (κ3) is 3.89. The van der Waals surface area contributed by atoms with Gasteiger partial charge in [-0.1, -0.05) is 0 Å². The maximum atomic E-state index is 11.7. The average Bonchev–Trinajstić information content (AvgIpc) is 2.62. The standard InChI is InChI=1S/C11H20N2O4/c1-11(2,3)17-10(16)13-5-4-7(6-13)8(12)9(14)15/h7-8H,4-6,12H2,1-3H3,(H,14,15)/t7-,8-/m1/s1. The number of carbonyl (C=O) groups excluding carboxylic acids is 1. The minimum atomic E-state index is -1.03. The van der Waals surface area contributed by atoms with Crippen LogP contribution in [0.2, 0.25) is 0 Å². The maximum absolute atomic E-state index is 11.7. The highest BCUT2D eigenvalue weighted by Gasteiger charge is 2.35. The molecule has 0 aromatic rings. The first kappa shape index (κ1) is 13.8. The zero-order chi connectivity index (χ0) is 13.2. The van der Waals surface area contributed by atoms with Crippen molar-refractivity contribution in [2.45, 2.75) is 38.8 Å². The van der Waals surface area contributed by atoms with Crippen molar-refractivity contribution in [2.75, 3.05) is 13.1 Å². The van der Waals surface area contributed by atoms with Crippen molar-refractivity contribution in [3.63, 3.8) is 0 Å². The lowest BCUT2D eigenvalue weighted by Crippen LogP contribution is -2.41. The average molecular weight is 244 g/mol. The predicted octanol–water partition coefficient (Wildman–Crippen LogP) is 0.655. The number of carboxylic acid groups (broad SMARTS) is 1. The molecule has 3 N–H and O–H groups in total. The Hall–Kier alpha value is -1.30. The van der Waals surface area contributed by atoms with Crippen LogP contribution in [0.25, 0.3) is 0 Å². The lowest BCUT2D eigenvalue weighted by Gasteiger charge is -2.24. The maximum Gasteiger partial charge on any atom is 0.410 e. The zero-order valence-electron chi connectivity index (χ0n) is 10.5. The fourth-order valence-electron chi connectivity index (χ4n) is 1.77. The molecule has 1 fully saturated rings. The molecule has 1 amide bonds. The number of hydrogen-bond acceptors (Lipinski definition) is 4. The minimum absolute atomic E-state index is 0.194. The Morgan fingerprint density at radius 3 is 2.53 bits per heavy atom. The summed E-state index contributed by atoms with van der Waals surface area (Å²) in [4.78, 5) is 24.0. The third-order valence-electron chi connectivity index (χ3n) is 2.67. The molecule has 0 radical (unpaired) electrons.